The Morgan fingerprint density at radius 1 is 1.14 bits per heavy atom. The normalized spacial score (nSPS) is 12.2. The van der Waals surface area contributed by atoms with E-state index in [0.717, 1.165) is 0 Å². The van der Waals surface area contributed by atoms with Gasteiger partial charge in [-0.1, -0.05) is 6.92 Å². The third kappa shape index (κ3) is 3.13. The van der Waals surface area contributed by atoms with Crippen LogP contribution >= 0.6 is 0 Å². The molecule has 0 saturated carbocycles. The molecule has 0 aliphatic carbocycles. The highest BCUT2D eigenvalue weighted by molar-refractivity contribution is 5.35. The maximum Gasteiger partial charge on any atom is 0.237 e. The lowest BCUT2D eigenvalue weighted by atomic mass is 10.0. The Morgan fingerprint density at radius 3 is 2.33 bits per heavy atom. The highest BCUT2D eigenvalue weighted by Crippen LogP contribution is 2.30. The lowest BCUT2D eigenvalue weighted by Crippen LogP contribution is -2.26. The predicted octanol–water partition coefficient (Wildman–Crippen LogP) is 2.60. The summed E-state index contributed by atoms with van der Waals surface area (Å²) in [4.78, 5) is 8.03. The van der Waals surface area contributed by atoms with E-state index in [1.165, 1.54) is 19.5 Å². The summed E-state index contributed by atoms with van der Waals surface area (Å²) in [5, 5.41) is 2.91. The van der Waals surface area contributed by atoms with Gasteiger partial charge in [0.2, 0.25) is 5.88 Å². The van der Waals surface area contributed by atoms with Gasteiger partial charge < -0.3 is 10.1 Å². The number of hydrogen-bond donors (Lipinski definition) is 1. The zero-order chi connectivity index (χ0) is 15.4. The SMILES string of the molecule is CCNC(c1nccnc1OC)c1c(F)cc(F)cc1F. The molecule has 0 radical (unpaired) electrons. The fraction of sp³-hybridized carbons (Fsp3) is 0.286. The third-order valence-corrected chi connectivity index (χ3v) is 2.90. The number of nitrogens with one attached hydrogen (secondary N) is 1. The minimum absolute atomic E-state index is 0.145. The molecule has 0 aliphatic heterocycles. The number of rotatable bonds is 5. The van der Waals surface area contributed by atoms with Crippen molar-refractivity contribution in [3.8, 4) is 5.88 Å². The van der Waals surface area contributed by atoms with Crippen LogP contribution < -0.4 is 10.1 Å². The van der Waals surface area contributed by atoms with Gasteiger partial charge in [0.1, 0.15) is 23.1 Å². The average molecular weight is 297 g/mol. The van der Waals surface area contributed by atoms with Gasteiger partial charge in [-0.15, -0.1) is 0 Å². The quantitative estimate of drug-likeness (QED) is 0.921. The molecule has 1 heterocycles. The average Bonchev–Trinajstić information content (AvgIpc) is 2.45. The van der Waals surface area contributed by atoms with Gasteiger partial charge >= 0.3 is 0 Å². The van der Waals surface area contributed by atoms with Gasteiger partial charge in [-0.25, -0.2) is 18.2 Å². The fourth-order valence-corrected chi connectivity index (χ4v) is 2.06. The summed E-state index contributed by atoms with van der Waals surface area (Å²) in [6, 6.07) is 0.330. The van der Waals surface area contributed by atoms with E-state index in [4.69, 9.17) is 4.74 Å². The molecule has 2 rings (SSSR count). The van der Waals surface area contributed by atoms with E-state index < -0.39 is 23.5 Å². The van der Waals surface area contributed by atoms with E-state index in [0.29, 0.717) is 18.7 Å². The van der Waals surface area contributed by atoms with Crippen molar-refractivity contribution in [2.75, 3.05) is 13.7 Å². The van der Waals surface area contributed by atoms with Crippen molar-refractivity contribution in [1.29, 1.82) is 0 Å². The van der Waals surface area contributed by atoms with Crippen molar-refractivity contribution < 1.29 is 17.9 Å². The van der Waals surface area contributed by atoms with Crippen molar-refractivity contribution in [1.82, 2.24) is 15.3 Å². The Hall–Kier alpha value is -2.15. The first kappa shape index (κ1) is 15.2. The lowest BCUT2D eigenvalue weighted by molar-refractivity contribution is 0.380. The van der Waals surface area contributed by atoms with E-state index >= 15 is 0 Å². The minimum atomic E-state index is -0.994. The van der Waals surface area contributed by atoms with Gasteiger partial charge in [0.25, 0.3) is 0 Å². The number of ether oxygens (including phenoxy) is 1. The first-order chi connectivity index (χ1) is 10.1. The Bertz CT molecular complexity index is 614. The van der Waals surface area contributed by atoms with Gasteiger partial charge in [0.05, 0.1) is 13.2 Å². The van der Waals surface area contributed by atoms with Crippen LogP contribution in [0.4, 0.5) is 13.2 Å². The summed E-state index contributed by atoms with van der Waals surface area (Å²) in [6.45, 7) is 2.19. The Morgan fingerprint density at radius 2 is 1.76 bits per heavy atom. The minimum Gasteiger partial charge on any atom is -0.480 e. The van der Waals surface area contributed by atoms with Crippen molar-refractivity contribution >= 4 is 0 Å². The second-order valence-corrected chi connectivity index (χ2v) is 4.22. The topological polar surface area (TPSA) is 47.0 Å². The summed E-state index contributed by atoms with van der Waals surface area (Å²) in [5.41, 5.74) is -0.0942. The van der Waals surface area contributed by atoms with Crippen LogP contribution in [0.3, 0.4) is 0 Å². The number of hydrogen-bond acceptors (Lipinski definition) is 4. The maximum atomic E-state index is 14.0. The predicted molar refractivity (Wildman–Crippen MR) is 70.4 cm³/mol. The number of methoxy groups -OCH3 is 1. The van der Waals surface area contributed by atoms with Crippen LogP contribution in [-0.4, -0.2) is 23.6 Å². The molecular formula is C14H14F3N3O. The van der Waals surface area contributed by atoms with Crippen LogP contribution in [0, 0.1) is 17.5 Å². The smallest absolute Gasteiger partial charge is 0.237 e. The molecule has 0 aliphatic rings. The van der Waals surface area contributed by atoms with Crippen LogP contribution in [0.5, 0.6) is 5.88 Å². The zero-order valence-electron chi connectivity index (χ0n) is 11.5. The van der Waals surface area contributed by atoms with E-state index in [-0.39, 0.29) is 17.1 Å². The van der Waals surface area contributed by atoms with E-state index in [2.05, 4.69) is 15.3 Å². The van der Waals surface area contributed by atoms with Crippen molar-refractivity contribution in [3.63, 3.8) is 0 Å². The van der Waals surface area contributed by atoms with E-state index in [9.17, 15) is 13.2 Å². The molecule has 0 fully saturated rings. The van der Waals surface area contributed by atoms with Gasteiger partial charge in [0.15, 0.2) is 0 Å². The van der Waals surface area contributed by atoms with Gasteiger partial charge in [-0.3, -0.25) is 4.98 Å². The van der Waals surface area contributed by atoms with Crippen LogP contribution in [0.15, 0.2) is 24.5 Å². The number of benzene rings is 1. The number of aromatic nitrogens is 2. The Kier molecular flexibility index (Phi) is 4.74. The molecule has 1 aromatic heterocycles. The summed E-state index contributed by atoms with van der Waals surface area (Å²) >= 11 is 0. The van der Waals surface area contributed by atoms with Crippen LogP contribution in [0.2, 0.25) is 0 Å². The van der Waals surface area contributed by atoms with E-state index in [1.807, 2.05) is 0 Å². The highest BCUT2D eigenvalue weighted by atomic mass is 19.1. The van der Waals surface area contributed by atoms with Crippen molar-refractivity contribution in [2.45, 2.75) is 13.0 Å². The molecule has 1 unspecified atom stereocenters. The molecular weight excluding hydrogens is 283 g/mol. The van der Waals surface area contributed by atoms with Gasteiger partial charge in [0, 0.05) is 30.1 Å². The molecule has 1 N–H and O–H groups in total. The largest absolute Gasteiger partial charge is 0.480 e. The Labute approximate surface area is 120 Å². The Balaban J connectivity index is 2.59. The summed E-state index contributed by atoms with van der Waals surface area (Å²) in [6.07, 6.45) is 2.80. The highest BCUT2D eigenvalue weighted by Gasteiger charge is 2.26. The fourth-order valence-electron chi connectivity index (χ4n) is 2.06. The standard InChI is InChI=1S/C14H14F3N3O/c1-3-18-12(13-14(21-2)20-5-4-19-13)11-9(16)6-8(15)7-10(11)17/h4-7,12,18H,3H2,1-2H3. The first-order valence-electron chi connectivity index (χ1n) is 6.31. The monoisotopic (exact) mass is 297 g/mol. The van der Waals surface area contributed by atoms with Crippen molar-refractivity contribution in [2.24, 2.45) is 0 Å². The summed E-state index contributed by atoms with van der Waals surface area (Å²) in [7, 11) is 1.38. The first-order valence-corrected chi connectivity index (χ1v) is 6.31. The molecule has 1 atom stereocenters. The van der Waals surface area contributed by atoms with Gasteiger partial charge in [-0.2, -0.15) is 0 Å². The second-order valence-electron chi connectivity index (χ2n) is 4.22. The van der Waals surface area contributed by atoms with E-state index in [1.54, 1.807) is 6.92 Å². The van der Waals surface area contributed by atoms with Crippen LogP contribution in [0.25, 0.3) is 0 Å². The number of halogens is 3. The van der Waals surface area contributed by atoms with Crippen LogP contribution in [0.1, 0.15) is 24.2 Å². The molecule has 21 heavy (non-hydrogen) atoms. The summed E-state index contributed by atoms with van der Waals surface area (Å²) in [5.74, 6) is -2.82. The molecule has 0 amide bonds. The molecule has 7 heteroatoms. The molecule has 4 nitrogen and oxygen atoms in total. The molecule has 0 bridgehead atoms. The molecule has 0 saturated heterocycles. The molecule has 112 valence electrons. The van der Waals surface area contributed by atoms with Gasteiger partial charge in [-0.05, 0) is 6.54 Å². The second kappa shape index (κ2) is 6.53. The third-order valence-electron chi connectivity index (χ3n) is 2.90. The zero-order valence-corrected chi connectivity index (χ0v) is 11.5. The summed E-state index contributed by atoms with van der Waals surface area (Å²) < 4.78 is 46.1. The lowest BCUT2D eigenvalue weighted by Gasteiger charge is -2.20. The molecule has 0 spiro atoms. The number of nitrogens with zero attached hydrogens (tertiary/aromatic N) is 2. The van der Waals surface area contributed by atoms with Crippen LogP contribution in [-0.2, 0) is 0 Å². The molecule has 1 aromatic carbocycles. The van der Waals surface area contributed by atoms with Crippen molar-refractivity contribution in [3.05, 3.63) is 53.2 Å². The molecule has 2 aromatic rings. The maximum absolute atomic E-state index is 14.0.